The highest BCUT2D eigenvalue weighted by molar-refractivity contribution is 7.17. The van der Waals surface area contributed by atoms with Crippen molar-refractivity contribution in [1.29, 1.82) is 0 Å². The molecule has 1 atom stereocenters. The number of carbonyl (C=O) groups excluding carboxylic acids is 3. The summed E-state index contributed by atoms with van der Waals surface area (Å²) in [5.74, 6) is -2.38. The van der Waals surface area contributed by atoms with Gasteiger partial charge in [-0.2, -0.15) is 9.78 Å². The lowest BCUT2D eigenvalue weighted by Crippen LogP contribution is -2.47. The SMILES string of the molecule is NC(=O)C(=O)C(Cc1csc2ccccc12)NC(=O)c1ccnn1-c1ncccn1. The normalized spacial score (nSPS) is 11.9. The first-order chi connectivity index (χ1) is 14.5. The third-order valence-electron chi connectivity index (χ3n) is 4.47. The Morgan fingerprint density at radius 2 is 1.83 bits per heavy atom. The lowest BCUT2D eigenvalue weighted by Gasteiger charge is -2.16. The van der Waals surface area contributed by atoms with Gasteiger partial charge in [-0.15, -0.1) is 11.3 Å². The molecule has 9 nitrogen and oxygen atoms in total. The topological polar surface area (TPSA) is 133 Å². The lowest BCUT2D eigenvalue weighted by atomic mass is 10.0. The Hall–Kier alpha value is -3.92. The van der Waals surface area contributed by atoms with E-state index in [1.807, 2.05) is 29.6 Å². The molecule has 0 fully saturated rings. The van der Waals surface area contributed by atoms with Crippen molar-refractivity contribution in [2.45, 2.75) is 12.5 Å². The number of fused-ring (bicyclic) bond motifs is 1. The maximum Gasteiger partial charge on any atom is 0.287 e. The number of ketones is 1. The van der Waals surface area contributed by atoms with Crippen LogP contribution in [-0.4, -0.2) is 43.4 Å². The monoisotopic (exact) mass is 420 g/mol. The zero-order valence-electron chi connectivity index (χ0n) is 15.6. The van der Waals surface area contributed by atoms with Crippen LogP contribution in [0.15, 0.2) is 60.4 Å². The maximum absolute atomic E-state index is 12.9. The number of primary amides is 1. The van der Waals surface area contributed by atoms with Crippen molar-refractivity contribution in [2.75, 3.05) is 0 Å². The van der Waals surface area contributed by atoms with E-state index in [2.05, 4.69) is 20.4 Å². The molecule has 30 heavy (non-hydrogen) atoms. The summed E-state index contributed by atoms with van der Waals surface area (Å²) in [7, 11) is 0. The molecule has 0 spiro atoms. The molecule has 2 amide bonds. The number of aromatic nitrogens is 4. The largest absolute Gasteiger partial charge is 0.363 e. The second-order valence-electron chi connectivity index (χ2n) is 6.39. The van der Waals surface area contributed by atoms with Gasteiger partial charge >= 0.3 is 0 Å². The fourth-order valence-corrected chi connectivity index (χ4v) is 4.03. The van der Waals surface area contributed by atoms with E-state index in [9.17, 15) is 14.4 Å². The van der Waals surface area contributed by atoms with Crippen molar-refractivity contribution >= 4 is 39.0 Å². The van der Waals surface area contributed by atoms with Crippen molar-refractivity contribution in [3.8, 4) is 5.95 Å². The number of nitrogens with zero attached hydrogens (tertiary/aromatic N) is 4. The van der Waals surface area contributed by atoms with Crippen LogP contribution in [0, 0.1) is 0 Å². The molecule has 0 saturated heterocycles. The van der Waals surface area contributed by atoms with Crippen LogP contribution in [0.1, 0.15) is 16.1 Å². The first-order valence-corrected chi connectivity index (χ1v) is 9.83. The van der Waals surface area contributed by atoms with E-state index in [0.717, 1.165) is 15.6 Å². The van der Waals surface area contributed by atoms with Gasteiger partial charge in [-0.05, 0) is 34.5 Å². The van der Waals surface area contributed by atoms with Crippen molar-refractivity contribution < 1.29 is 14.4 Å². The Bertz CT molecular complexity index is 1230. The number of nitrogens with two attached hydrogens (primary N) is 1. The number of carbonyl (C=O) groups is 3. The van der Waals surface area contributed by atoms with E-state index < -0.39 is 23.6 Å². The third-order valence-corrected chi connectivity index (χ3v) is 5.48. The fourth-order valence-electron chi connectivity index (χ4n) is 3.06. The standard InChI is InChI=1S/C20H16N6O3S/c21-18(28)17(27)14(10-12-11-30-16-5-2-1-4-13(12)16)25-19(29)15-6-9-24-26(15)20-22-7-3-8-23-20/h1-9,11,14H,10H2,(H2,21,28)(H,25,29). The summed E-state index contributed by atoms with van der Waals surface area (Å²) in [6.45, 7) is 0. The van der Waals surface area contributed by atoms with E-state index >= 15 is 0 Å². The second kappa shape index (κ2) is 8.21. The summed E-state index contributed by atoms with van der Waals surface area (Å²) in [6, 6.07) is 9.69. The van der Waals surface area contributed by atoms with E-state index in [1.165, 1.54) is 40.7 Å². The molecule has 0 saturated carbocycles. The number of amides is 2. The number of hydrogen-bond acceptors (Lipinski definition) is 7. The Kier molecular flexibility index (Phi) is 5.31. The molecule has 0 aliphatic rings. The molecule has 3 aromatic heterocycles. The zero-order chi connectivity index (χ0) is 21.1. The number of rotatable bonds is 7. The highest BCUT2D eigenvalue weighted by atomic mass is 32.1. The van der Waals surface area contributed by atoms with Crippen LogP contribution < -0.4 is 11.1 Å². The molecule has 1 unspecified atom stereocenters. The smallest absolute Gasteiger partial charge is 0.287 e. The number of nitrogens with one attached hydrogen (secondary N) is 1. The molecule has 4 rings (SSSR count). The second-order valence-corrected chi connectivity index (χ2v) is 7.30. The van der Waals surface area contributed by atoms with Crippen molar-refractivity contribution in [3.05, 3.63) is 71.6 Å². The van der Waals surface area contributed by atoms with Gasteiger partial charge < -0.3 is 11.1 Å². The minimum absolute atomic E-state index is 0.124. The van der Waals surface area contributed by atoms with Gasteiger partial charge in [0.25, 0.3) is 17.8 Å². The summed E-state index contributed by atoms with van der Waals surface area (Å²) >= 11 is 1.52. The molecule has 3 heterocycles. The Morgan fingerprint density at radius 3 is 2.60 bits per heavy atom. The summed E-state index contributed by atoms with van der Waals surface area (Å²) in [4.78, 5) is 45.1. The van der Waals surface area contributed by atoms with Gasteiger partial charge in [0.1, 0.15) is 11.7 Å². The van der Waals surface area contributed by atoms with Crippen LogP contribution in [0.5, 0.6) is 0 Å². The van der Waals surface area contributed by atoms with Crippen molar-refractivity contribution in [3.63, 3.8) is 0 Å². The number of Topliss-reactive ketones (excluding diaryl/α,β-unsaturated/α-hetero) is 1. The van der Waals surface area contributed by atoms with Crippen LogP contribution in [0.3, 0.4) is 0 Å². The Morgan fingerprint density at radius 1 is 1.07 bits per heavy atom. The van der Waals surface area contributed by atoms with Gasteiger partial charge in [0.05, 0.1) is 6.20 Å². The molecule has 0 radical (unpaired) electrons. The summed E-state index contributed by atoms with van der Waals surface area (Å²) in [5, 5.41) is 9.54. The van der Waals surface area contributed by atoms with E-state index in [4.69, 9.17) is 5.73 Å². The number of hydrogen-bond donors (Lipinski definition) is 2. The van der Waals surface area contributed by atoms with Gasteiger partial charge in [-0.1, -0.05) is 18.2 Å². The summed E-state index contributed by atoms with van der Waals surface area (Å²) in [5.41, 5.74) is 6.19. The molecular weight excluding hydrogens is 404 g/mol. The van der Waals surface area contributed by atoms with Crippen molar-refractivity contribution in [1.82, 2.24) is 25.1 Å². The predicted molar refractivity (Wildman–Crippen MR) is 110 cm³/mol. The van der Waals surface area contributed by atoms with Crippen LogP contribution in [-0.2, 0) is 16.0 Å². The quantitative estimate of drug-likeness (QED) is 0.433. The first-order valence-electron chi connectivity index (χ1n) is 8.95. The van der Waals surface area contributed by atoms with Gasteiger partial charge in [0.2, 0.25) is 5.78 Å². The fraction of sp³-hybridized carbons (Fsp3) is 0.100. The van der Waals surface area contributed by atoms with Crippen molar-refractivity contribution in [2.24, 2.45) is 5.73 Å². The first kappa shape index (κ1) is 19.4. The molecule has 0 aliphatic carbocycles. The predicted octanol–water partition coefficient (Wildman–Crippen LogP) is 1.27. The average Bonchev–Trinajstić information content (AvgIpc) is 3.41. The van der Waals surface area contributed by atoms with Crippen LogP contribution in [0.25, 0.3) is 16.0 Å². The third kappa shape index (κ3) is 3.80. The molecule has 3 N–H and O–H groups in total. The summed E-state index contributed by atoms with van der Waals surface area (Å²) in [6.07, 6.45) is 4.59. The molecule has 150 valence electrons. The average molecular weight is 420 g/mol. The highest BCUT2D eigenvalue weighted by Crippen LogP contribution is 2.26. The van der Waals surface area contributed by atoms with E-state index in [0.29, 0.717) is 0 Å². The Balaban J connectivity index is 1.62. The molecule has 0 aliphatic heterocycles. The maximum atomic E-state index is 12.9. The zero-order valence-corrected chi connectivity index (χ0v) is 16.4. The Labute approximate surface area is 174 Å². The highest BCUT2D eigenvalue weighted by Gasteiger charge is 2.28. The van der Waals surface area contributed by atoms with E-state index in [1.54, 1.807) is 6.07 Å². The molecule has 4 aromatic rings. The van der Waals surface area contributed by atoms with Crippen LogP contribution in [0.2, 0.25) is 0 Å². The lowest BCUT2D eigenvalue weighted by molar-refractivity contribution is -0.137. The van der Waals surface area contributed by atoms with Gasteiger partial charge in [0.15, 0.2) is 0 Å². The minimum atomic E-state index is -1.12. The summed E-state index contributed by atoms with van der Waals surface area (Å²) < 4.78 is 2.30. The molecule has 0 bridgehead atoms. The molecular formula is C20H16N6O3S. The number of benzene rings is 1. The van der Waals surface area contributed by atoms with Gasteiger partial charge in [-0.25, -0.2) is 9.97 Å². The van der Waals surface area contributed by atoms with Crippen LogP contribution >= 0.6 is 11.3 Å². The van der Waals surface area contributed by atoms with Gasteiger partial charge in [0, 0.05) is 23.5 Å². The molecule has 10 heteroatoms. The number of thiophene rings is 1. The molecule has 1 aromatic carbocycles. The van der Waals surface area contributed by atoms with Gasteiger partial charge in [-0.3, -0.25) is 14.4 Å². The van der Waals surface area contributed by atoms with E-state index in [-0.39, 0.29) is 18.1 Å². The minimum Gasteiger partial charge on any atom is -0.363 e. The van der Waals surface area contributed by atoms with Crippen LogP contribution in [0.4, 0.5) is 0 Å².